The molecule has 3 fully saturated rings. The predicted octanol–water partition coefficient (Wildman–Crippen LogP) is 2.84. The van der Waals surface area contributed by atoms with Gasteiger partial charge in [-0.05, 0) is 51.7 Å². The largest absolute Gasteiger partial charge is 0.356 e. The van der Waals surface area contributed by atoms with Crippen LogP contribution in [-0.2, 0) is 0 Å². The first-order valence-corrected chi connectivity index (χ1v) is 12.2. The number of piperazine rings is 1. The molecular weight excluding hydrogens is 487 g/mol. The van der Waals surface area contributed by atoms with Crippen molar-refractivity contribution in [3.63, 3.8) is 0 Å². The average Bonchev–Trinajstić information content (AvgIpc) is 2.77. The highest BCUT2D eigenvalue weighted by Gasteiger charge is 2.38. The monoisotopic (exact) mass is 534 g/mol. The Labute approximate surface area is 202 Å². The number of piperidine rings is 1. The van der Waals surface area contributed by atoms with Gasteiger partial charge >= 0.3 is 0 Å². The van der Waals surface area contributed by atoms with Crippen molar-refractivity contribution in [2.24, 2.45) is 10.9 Å². The van der Waals surface area contributed by atoms with E-state index in [2.05, 4.69) is 44.3 Å². The SMILES string of the molecule is CN=C(NCC(C)CN1CCN(C)CC1)NCC1(N2CCCCC2)CCCCC1.I. The smallest absolute Gasteiger partial charge is 0.191 e. The van der Waals surface area contributed by atoms with Crippen molar-refractivity contribution in [2.75, 3.05) is 73.0 Å². The first-order chi connectivity index (χ1) is 14.1. The Balaban J connectivity index is 0.00000320. The second-order valence-corrected chi connectivity index (χ2v) is 9.85. The standard InChI is InChI=1S/C23H46N6.HI/c1-21(19-28-16-14-27(3)15-17-28)18-25-22(24-2)26-20-23(10-6-4-7-11-23)29-12-8-5-9-13-29;/h21H,4-20H2,1-3H3,(H2,24,25,26);1H. The Hall–Kier alpha value is -0.120. The van der Waals surface area contributed by atoms with E-state index in [4.69, 9.17) is 0 Å². The fourth-order valence-electron chi connectivity index (χ4n) is 5.46. The van der Waals surface area contributed by atoms with Crippen LogP contribution < -0.4 is 10.6 Å². The van der Waals surface area contributed by atoms with Crippen molar-refractivity contribution in [1.29, 1.82) is 0 Å². The zero-order chi connectivity index (χ0) is 20.5. The summed E-state index contributed by atoms with van der Waals surface area (Å²) in [4.78, 5) is 12.4. The van der Waals surface area contributed by atoms with Gasteiger partial charge in [-0.3, -0.25) is 9.89 Å². The molecule has 1 saturated carbocycles. The van der Waals surface area contributed by atoms with Gasteiger partial charge in [-0.15, -0.1) is 24.0 Å². The number of nitrogens with zero attached hydrogens (tertiary/aromatic N) is 4. The van der Waals surface area contributed by atoms with Crippen LogP contribution in [0.2, 0.25) is 0 Å². The van der Waals surface area contributed by atoms with Crippen molar-refractivity contribution in [2.45, 2.75) is 63.8 Å². The number of aliphatic imine (C=N–C) groups is 1. The van der Waals surface area contributed by atoms with Crippen molar-refractivity contribution >= 4 is 29.9 Å². The summed E-state index contributed by atoms with van der Waals surface area (Å²) in [6.45, 7) is 12.9. The summed E-state index contributed by atoms with van der Waals surface area (Å²) in [6, 6.07) is 0. The van der Waals surface area contributed by atoms with Crippen LogP contribution in [0.5, 0.6) is 0 Å². The molecule has 2 aliphatic heterocycles. The van der Waals surface area contributed by atoms with Gasteiger partial charge in [0, 0.05) is 58.4 Å². The van der Waals surface area contributed by atoms with Crippen molar-refractivity contribution in [3.05, 3.63) is 0 Å². The molecule has 0 amide bonds. The van der Waals surface area contributed by atoms with Crippen LogP contribution in [0.1, 0.15) is 58.3 Å². The van der Waals surface area contributed by atoms with Gasteiger partial charge in [-0.2, -0.15) is 0 Å². The molecule has 1 atom stereocenters. The van der Waals surface area contributed by atoms with Gasteiger partial charge in [-0.1, -0.05) is 32.6 Å². The second kappa shape index (κ2) is 13.4. The topological polar surface area (TPSA) is 46.1 Å². The van der Waals surface area contributed by atoms with E-state index in [1.165, 1.54) is 97.2 Å². The molecule has 2 heterocycles. The maximum Gasteiger partial charge on any atom is 0.191 e. The minimum Gasteiger partial charge on any atom is -0.356 e. The van der Waals surface area contributed by atoms with E-state index < -0.39 is 0 Å². The van der Waals surface area contributed by atoms with E-state index in [1.54, 1.807) is 0 Å². The molecule has 0 spiro atoms. The van der Waals surface area contributed by atoms with Gasteiger partial charge in [0.05, 0.1) is 0 Å². The molecule has 1 unspecified atom stereocenters. The summed E-state index contributed by atoms with van der Waals surface area (Å²) >= 11 is 0. The Morgan fingerprint density at radius 3 is 2.17 bits per heavy atom. The molecule has 0 aromatic heterocycles. The molecule has 2 N–H and O–H groups in total. The van der Waals surface area contributed by atoms with Crippen LogP contribution in [-0.4, -0.2) is 99.2 Å². The highest BCUT2D eigenvalue weighted by atomic mass is 127. The van der Waals surface area contributed by atoms with Gasteiger partial charge < -0.3 is 20.4 Å². The fraction of sp³-hybridized carbons (Fsp3) is 0.957. The number of rotatable bonds is 7. The summed E-state index contributed by atoms with van der Waals surface area (Å²) in [6.07, 6.45) is 11.0. The Morgan fingerprint density at radius 1 is 0.900 bits per heavy atom. The van der Waals surface area contributed by atoms with Crippen molar-refractivity contribution in [1.82, 2.24) is 25.3 Å². The Morgan fingerprint density at radius 2 is 1.53 bits per heavy atom. The van der Waals surface area contributed by atoms with Crippen LogP contribution in [0, 0.1) is 5.92 Å². The zero-order valence-corrected chi connectivity index (χ0v) is 22.1. The molecule has 0 aromatic rings. The third kappa shape index (κ3) is 7.78. The summed E-state index contributed by atoms with van der Waals surface area (Å²) in [5, 5.41) is 7.33. The van der Waals surface area contributed by atoms with E-state index >= 15 is 0 Å². The molecule has 0 radical (unpaired) electrons. The molecule has 2 saturated heterocycles. The minimum atomic E-state index is 0. The molecule has 176 valence electrons. The van der Waals surface area contributed by atoms with Crippen LogP contribution in [0.15, 0.2) is 4.99 Å². The lowest BCUT2D eigenvalue weighted by Gasteiger charge is -2.48. The second-order valence-electron chi connectivity index (χ2n) is 9.85. The van der Waals surface area contributed by atoms with E-state index in [0.29, 0.717) is 11.5 Å². The number of hydrogen-bond acceptors (Lipinski definition) is 4. The predicted molar refractivity (Wildman–Crippen MR) is 139 cm³/mol. The third-order valence-corrected chi connectivity index (χ3v) is 7.40. The number of guanidine groups is 1. The van der Waals surface area contributed by atoms with Gasteiger partial charge in [0.25, 0.3) is 0 Å². The summed E-state index contributed by atoms with van der Waals surface area (Å²) in [7, 11) is 4.13. The van der Waals surface area contributed by atoms with Crippen LogP contribution >= 0.6 is 24.0 Å². The number of hydrogen-bond donors (Lipinski definition) is 2. The van der Waals surface area contributed by atoms with E-state index in [1.807, 2.05) is 7.05 Å². The molecule has 1 aliphatic carbocycles. The number of likely N-dealkylation sites (N-methyl/N-ethyl adjacent to an activating group) is 1. The molecule has 6 nitrogen and oxygen atoms in total. The molecule has 0 aromatic carbocycles. The summed E-state index contributed by atoms with van der Waals surface area (Å²) < 4.78 is 0. The number of halogens is 1. The van der Waals surface area contributed by atoms with Gasteiger partial charge in [0.15, 0.2) is 5.96 Å². The quantitative estimate of drug-likeness (QED) is 0.299. The summed E-state index contributed by atoms with van der Waals surface area (Å²) in [5.74, 6) is 1.61. The minimum absolute atomic E-state index is 0. The van der Waals surface area contributed by atoms with Crippen molar-refractivity contribution in [3.8, 4) is 0 Å². The van der Waals surface area contributed by atoms with Crippen LogP contribution in [0.3, 0.4) is 0 Å². The lowest BCUT2D eigenvalue weighted by Crippen LogP contribution is -2.59. The van der Waals surface area contributed by atoms with Gasteiger partial charge in [-0.25, -0.2) is 0 Å². The average molecular weight is 535 g/mol. The molecule has 7 heteroatoms. The van der Waals surface area contributed by atoms with E-state index in [9.17, 15) is 0 Å². The molecule has 3 aliphatic rings. The molecular formula is C23H47IN6. The lowest BCUT2D eigenvalue weighted by molar-refractivity contribution is 0.0368. The van der Waals surface area contributed by atoms with E-state index in [-0.39, 0.29) is 24.0 Å². The number of nitrogens with one attached hydrogen (secondary N) is 2. The maximum atomic E-state index is 4.53. The Bertz CT molecular complexity index is 494. The molecule has 0 bridgehead atoms. The number of likely N-dealkylation sites (tertiary alicyclic amines) is 1. The highest BCUT2D eigenvalue weighted by Crippen LogP contribution is 2.35. The normalized spacial score (nSPS) is 25.4. The highest BCUT2D eigenvalue weighted by molar-refractivity contribution is 14.0. The Kier molecular flexibility index (Phi) is 11.7. The fourth-order valence-corrected chi connectivity index (χ4v) is 5.46. The van der Waals surface area contributed by atoms with E-state index in [0.717, 1.165) is 19.0 Å². The first kappa shape index (κ1) is 26.1. The third-order valence-electron chi connectivity index (χ3n) is 7.40. The lowest BCUT2D eigenvalue weighted by atomic mass is 9.79. The van der Waals surface area contributed by atoms with Gasteiger partial charge in [0.2, 0.25) is 0 Å². The molecule has 30 heavy (non-hydrogen) atoms. The van der Waals surface area contributed by atoms with Gasteiger partial charge in [0.1, 0.15) is 0 Å². The van der Waals surface area contributed by atoms with Crippen LogP contribution in [0.4, 0.5) is 0 Å². The first-order valence-electron chi connectivity index (χ1n) is 12.2. The molecule has 3 rings (SSSR count). The maximum absolute atomic E-state index is 4.53. The zero-order valence-electron chi connectivity index (χ0n) is 19.8. The summed E-state index contributed by atoms with van der Waals surface area (Å²) in [5.41, 5.74) is 0.349. The van der Waals surface area contributed by atoms with Crippen LogP contribution in [0.25, 0.3) is 0 Å². The van der Waals surface area contributed by atoms with Crippen molar-refractivity contribution < 1.29 is 0 Å².